The van der Waals surface area contributed by atoms with E-state index in [0.29, 0.717) is 17.5 Å². The minimum absolute atomic E-state index is 0.0581. The molecule has 0 fully saturated rings. The van der Waals surface area contributed by atoms with Crippen LogP contribution in [0.4, 0.5) is 0 Å². The van der Waals surface area contributed by atoms with Gasteiger partial charge in [-0.15, -0.1) is 0 Å². The first-order chi connectivity index (χ1) is 9.49. The highest BCUT2D eigenvalue weighted by Gasteiger charge is 2.30. The SMILES string of the molecule is O=C(O)c1ccc(O)cc1C(=O)c1ccc(O)c2c1C2. The lowest BCUT2D eigenvalue weighted by atomic mass is 9.97. The summed E-state index contributed by atoms with van der Waals surface area (Å²) in [7, 11) is 0. The van der Waals surface area contributed by atoms with Gasteiger partial charge < -0.3 is 15.3 Å². The Hall–Kier alpha value is -2.82. The minimum atomic E-state index is -1.23. The summed E-state index contributed by atoms with van der Waals surface area (Å²) in [6, 6.07) is 6.46. The molecule has 0 aliphatic heterocycles. The number of hydrogen-bond donors (Lipinski definition) is 3. The van der Waals surface area contributed by atoms with E-state index < -0.39 is 11.8 Å². The van der Waals surface area contributed by atoms with Gasteiger partial charge in [-0.25, -0.2) is 4.79 Å². The molecule has 2 aromatic rings. The number of carboxylic acids is 1. The fourth-order valence-electron chi connectivity index (χ4n) is 2.26. The zero-order chi connectivity index (χ0) is 14.4. The van der Waals surface area contributed by atoms with E-state index in [0.717, 1.165) is 11.6 Å². The summed E-state index contributed by atoms with van der Waals surface area (Å²) in [5, 5.41) is 28.1. The van der Waals surface area contributed by atoms with Crippen molar-refractivity contribution in [3.63, 3.8) is 0 Å². The summed E-state index contributed by atoms with van der Waals surface area (Å²) in [6.07, 6.45) is 0.529. The van der Waals surface area contributed by atoms with E-state index >= 15 is 0 Å². The maximum absolute atomic E-state index is 12.4. The van der Waals surface area contributed by atoms with Crippen molar-refractivity contribution in [3.05, 3.63) is 58.1 Å². The largest absolute Gasteiger partial charge is 0.508 e. The van der Waals surface area contributed by atoms with Gasteiger partial charge in [0.15, 0.2) is 5.78 Å². The van der Waals surface area contributed by atoms with E-state index in [1.807, 2.05) is 0 Å². The van der Waals surface area contributed by atoms with Crippen molar-refractivity contribution in [2.45, 2.75) is 6.42 Å². The van der Waals surface area contributed by atoms with E-state index in [2.05, 4.69) is 0 Å². The number of aromatic hydroxyl groups is 2. The van der Waals surface area contributed by atoms with Gasteiger partial charge in [-0.1, -0.05) is 0 Å². The predicted molar refractivity (Wildman–Crippen MR) is 69.4 cm³/mol. The summed E-state index contributed by atoms with van der Waals surface area (Å²) in [5.41, 5.74) is 1.60. The lowest BCUT2D eigenvalue weighted by Crippen LogP contribution is -2.09. The highest BCUT2D eigenvalue weighted by atomic mass is 16.4. The fourth-order valence-corrected chi connectivity index (χ4v) is 2.26. The first kappa shape index (κ1) is 12.2. The highest BCUT2D eigenvalue weighted by molar-refractivity contribution is 6.16. The van der Waals surface area contributed by atoms with Crippen LogP contribution in [-0.4, -0.2) is 27.1 Å². The number of aromatic carboxylic acids is 1. The first-order valence-corrected chi connectivity index (χ1v) is 5.93. The van der Waals surface area contributed by atoms with E-state index in [1.54, 1.807) is 0 Å². The van der Waals surface area contributed by atoms with Crippen molar-refractivity contribution in [2.75, 3.05) is 0 Å². The molecule has 0 radical (unpaired) electrons. The van der Waals surface area contributed by atoms with Gasteiger partial charge in [0.05, 0.1) is 5.56 Å². The second kappa shape index (κ2) is 4.09. The number of carbonyl (C=O) groups is 2. The van der Waals surface area contributed by atoms with Crippen LogP contribution in [0.1, 0.15) is 37.4 Å². The number of phenols is 2. The molecule has 20 heavy (non-hydrogen) atoms. The zero-order valence-electron chi connectivity index (χ0n) is 10.3. The Morgan fingerprint density at radius 3 is 2.30 bits per heavy atom. The van der Waals surface area contributed by atoms with Gasteiger partial charge in [0, 0.05) is 23.1 Å². The van der Waals surface area contributed by atoms with E-state index in [-0.39, 0.29) is 22.6 Å². The fraction of sp³-hybridized carbons (Fsp3) is 0.0667. The number of rotatable bonds is 3. The molecule has 1 aliphatic carbocycles. The second-order valence-electron chi connectivity index (χ2n) is 4.63. The molecule has 3 rings (SSSR count). The first-order valence-electron chi connectivity index (χ1n) is 5.93. The van der Waals surface area contributed by atoms with Gasteiger partial charge in [0.1, 0.15) is 11.5 Å². The summed E-state index contributed by atoms with van der Waals surface area (Å²) in [6.45, 7) is 0. The third kappa shape index (κ3) is 1.80. The van der Waals surface area contributed by atoms with Crippen LogP contribution in [0.15, 0.2) is 30.3 Å². The Bertz CT molecular complexity index is 761. The monoisotopic (exact) mass is 270 g/mol. The van der Waals surface area contributed by atoms with Crippen LogP contribution in [0.25, 0.3) is 0 Å². The number of carboxylic acid groups (broad SMARTS) is 1. The van der Waals surface area contributed by atoms with Crippen LogP contribution in [0.2, 0.25) is 0 Å². The number of hydrogen-bond acceptors (Lipinski definition) is 4. The van der Waals surface area contributed by atoms with Crippen molar-refractivity contribution in [3.8, 4) is 11.5 Å². The summed E-state index contributed by atoms with van der Waals surface area (Å²) < 4.78 is 0. The van der Waals surface area contributed by atoms with Gasteiger partial charge in [-0.05, 0) is 35.9 Å². The molecule has 1 aliphatic rings. The highest BCUT2D eigenvalue weighted by Crippen LogP contribution is 2.40. The third-order valence-electron chi connectivity index (χ3n) is 3.36. The Morgan fingerprint density at radius 2 is 1.60 bits per heavy atom. The van der Waals surface area contributed by atoms with E-state index in [9.17, 15) is 19.8 Å². The normalized spacial score (nSPS) is 11.8. The number of carbonyl (C=O) groups excluding carboxylic acids is 1. The molecule has 0 saturated carbocycles. The Balaban J connectivity index is 2.12. The Labute approximate surface area is 113 Å². The lowest BCUT2D eigenvalue weighted by Gasteiger charge is -2.06. The molecule has 5 nitrogen and oxygen atoms in total. The van der Waals surface area contributed by atoms with Crippen LogP contribution in [0, 0.1) is 0 Å². The minimum Gasteiger partial charge on any atom is -0.508 e. The molecule has 3 N–H and O–H groups in total. The number of benzene rings is 2. The molecule has 0 unspecified atom stereocenters. The third-order valence-corrected chi connectivity index (χ3v) is 3.36. The van der Waals surface area contributed by atoms with Gasteiger partial charge in [0.2, 0.25) is 0 Å². The molecule has 0 atom stereocenters. The summed E-state index contributed by atoms with van der Waals surface area (Å²) in [5.74, 6) is -1.72. The zero-order valence-corrected chi connectivity index (χ0v) is 10.3. The molecule has 0 heterocycles. The predicted octanol–water partition coefficient (Wildman–Crippen LogP) is 1.93. The lowest BCUT2D eigenvalue weighted by molar-refractivity contribution is 0.0692. The van der Waals surface area contributed by atoms with Crippen molar-refractivity contribution in [1.82, 2.24) is 0 Å². The molecular formula is C15H10O5. The molecule has 100 valence electrons. The molecule has 2 aromatic carbocycles. The maximum Gasteiger partial charge on any atom is 0.336 e. The summed E-state index contributed by atoms with van der Waals surface area (Å²) >= 11 is 0. The average molecular weight is 270 g/mol. The van der Waals surface area contributed by atoms with Crippen molar-refractivity contribution in [1.29, 1.82) is 0 Å². The number of phenolic OH excluding ortho intramolecular Hbond substituents is 2. The second-order valence-corrected chi connectivity index (χ2v) is 4.63. The van der Waals surface area contributed by atoms with Gasteiger partial charge in [0.25, 0.3) is 0 Å². The smallest absolute Gasteiger partial charge is 0.336 e. The topological polar surface area (TPSA) is 94.8 Å². The molecule has 5 heteroatoms. The molecule has 0 saturated heterocycles. The van der Waals surface area contributed by atoms with E-state index in [4.69, 9.17) is 5.11 Å². The van der Waals surface area contributed by atoms with Crippen LogP contribution >= 0.6 is 0 Å². The van der Waals surface area contributed by atoms with Crippen molar-refractivity contribution >= 4 is 11.8 Å². The molecule has 0 amide bonds. The Kier molecular flexibility index (Phi) is 2.50. The quantitative estimate of drug-likeness (QED) is 0.632. The van der Waals surface area contributed by atoms with Crippen LogP contribution in [0.5, 0.6) is 11.5 Å². The molecule has 0 bridgehead atoms. The van der Waals surface area contributed by atoms with Crippen LogP contribution in [0.3, 0.4) is 0 Å². The summed E-state index contributed by atoms with van der Waals surface area (Å²) in [4.78, 5) is 23.6. The van der Waals surface area contributed by atoms with Gasteiger partial charge in [-0.3, -0.25) is 4.79 Å². The van der Waals surface area contributed by atoms with Gasteiger partial charge in [-0.2, -0.15) is 0 Å². The average Bonchev–Trinajstić information content (AvgIpc) is 3.19. The molecular weight excluding hydrogens is 260 g/mol. The van der Waals surface area contributed by atoms with Gasteiger partial charge >= 0.3 is 5.97 Å². The standard InChI is InChI=1S/C15H10O5/c16-7-1-2-9(15(19)20)12(5-7)14(18)8-3-4-13(17)11-6-10(8)11/h1-5,16-17H,6H2,(H,19,20). The van der Waals surface area contributed by atoms with Crippen LogP contribution in [-0.2, 0) is 6.42 Å². The maximum atomic E-state index is 12.4. The molecule has 0 spiro atoms. The Morgan fingerprint density at radius 1 is 0.900 bits per heavy atom. The van der Waals surface area contributed by atoms with E-state index in [1.165, 1.54) is 24.3 Å². The van der Waals surface area contributed by atoms with Crippen molar-refractivity contribution < 1.29 is 24.9 Å². The number of fused-ring (bicyclic) bond motifs is 1. The number of ketones is 1. The van der Waals surface area contributed by atoms with Crippen molar-refractivity contribution in [2.24, 2.45) is 0 Å². The molecule has 0 aromatic heterocycles. The van der Waals surface area contributed by atoms with Crippen LogP contribution < -0.4 is 0 Å².